The summed E-state index contributed by atoms with van der Waals surface area (Å²) in [4.78, 5) is 15.6. The highest BCUT2D eigenvalue weighted by Gasteiger charge is 2.35. The lowest BCUT2D eigenvalue weighted by molar-refractivity contribution is -0.128. The van der Waals surface area contributed by atoms with Gasteiger partial charge in [0.1, 0.15) is 11.1 Å². The quantitative estimate of drug-likeness (QED) is 0.559. The van der Waals surface area contributed by atoms with E-state index in [1.165, 1.54) is 0 Å². The van der Waals surface area contributed by atoms with Gasteiger partial charge < -0.3 is 9.64 Å². The molecule has 1 fully saturated rings. The first kappa shape index (κ1) is 18.3. The zero-order valence-electron chi connectivity index (χ0n) is 15.1. The summed E-state index contributed by atoms with van der Waals surface area (Å²) in [7, 11) is 1.69. The zero-order valence-corrected chi connectivity index (χ0v) is 16.7. The number of benzene rings is 1. The van der Waals surface area contributed by atoms with Crippen molar-refractivity contribution in [3.05, 3.63) is 59.6 Å². The lowest BCUT2D eigenvalue weighted by Gasteiger charge is -2.23. The maximum Gasteiger partial charge on any atom is 0.233 e. The van der Waals surface area contributed by atoms with Gasteiger partial charge in [0, 0.05) is 32.0 Å². The minimum absolute atomic E-state index is 0.0103. The van der Waals surface area contributed by atoms with E-state index in [-0.39, 0.29) is 11.3 Å². The average Bonchev–Trinajstić information content (AvgIpc) is 3.42. The van der Waals surface area contributed by atoms with Gasteiger partial charge in [-0.1, -0.05) is 24.3 Å². The number of carbonyl (C=O) groups is 1. The number of aromatic nitrogens is 2. The van der Waals surface area contributed by atoms with Crippen LogP contribution in [0.3, 0.4) is 0 Å². The van der Waals surface area contributed by atoms with Crippen LogP contribution in [0.15, 0.2) is 54.0 Å². The number of thiophene rings is 1. The molecule has 3 heterocycles. The van der Waals surface area contributed by atoms with Crippen LogP contribution in [0, 0.1) is 0 Å². The van der Waals surface area contributed by atoms with Gasteiger partial charge in [-0.25, -0.2) is 4.68 Å². The summed E-state index contributed by atoms with van der Waals surface area (Å²) in [5.41, 5.74) is 3.06. The van der Waals surface area contributed by atoms with E-state index in [1.54, 1.807) is 30.2 Å². The smallest absolute Gasteiger partial charge is 0.233 e. The second-order valence-corrected chi connectivity index (χ2v) is 8.30. The topological polar surface area (TPSA) is 47.4 Å². The second kappa shape index (κ2) is 8.29. The Morgan fingerprint density at radius 3 is 2.81 bits per heavy atom. The standard InChI is InChI=1S/C20H21N3O2S2/c1-25-11-6-10-22-18(24)14-27-20(22)16-13-23(15-7-3-2-4-8-15)21-19(16)17-9-5-12-26-17/h2-5,7-9,12-13,20H,6,10-11,14H2,1H3. The first-order valence-electron chi connectivity index (χ1n) is 8.87. The van der Waals surface area contributed by atoms with Gasteiger partial charge in [0.2, 0.25) is 5.91 Å². The van der Waals surface area contributed by atoms with Crippen molar-refractivity contribution < 1.29 is 9.53 Å². The van der Waals surface area contributed by atoms with Crippen molar-refractivity contribution in [1.82, 2.24) is 14.7 Å². The van der Waals surface area contributed by atoms with Crippen LogP contribution in [0.5, 0.6) is 0 Å². The molecule has 0 N–H and O–H groups in total. The van der Waals surface area contributed by atoms with Gasteiger partial charge in [-0.15, -0.1) is 23.1 Å². The number of ether oxygens (including phenoxy) is 1. The fraction of sp³-hybridized carbons (Fsp3) is 0.300. The number of para-hydroxylation sites is 1. The first-order valence-corrected chi connectivity index (χ1v) is 10.8. The lowest BCUT2D eigenvalue weighted by Crippen LogP contribution is -2.29. The van der Waals surface area contributed by atoms with Crippen molar-refractivity contribution in [3.63, 3.8) is 0 Å². The molecule has 140 valence electrons. The number of hydrogen-bond donors (Lipinski definition) is 0. The Hall–Kier alpha value is -2.09. The molecule has 2 aromatic heterocycles. The minimum Gasteiger partial charge on any atom is -0.385 e. The van der Waals surface area contributed by atoms with Gasteiger partial charge in [-0.3, -0.25) is 4.79 Å². The van der Waals surface area contributed by atoms with Crippen molar-refractivity contribution in [3.8, 4) is 16.3 Å². The Balaban J connectivity index is 1.72. The SMILES string of the molecule is COCCCN1C(=O)CSC1c1cn(-c2ccccc2)nc1-c1cccs1. The number of amides is 1. The molecular weight excluding hydrogens is 378 g/mol. The van der Waals surface area contributed by atoms with Crippen molar-refractivity contribution in [2.45, 2.75) is 11.8 Å². The van der Waals surface area contributed by atoms with E-state index in [2.05, 4.69) is 17.6 Å². The van der Waals surface area contributed by atoms with Crippen molar-refractivity contribution >= 4 is 29.0 Å². The zero-order chi connectivity index (χ0) is 18.6. The highest BCUT2D eigenvalue weighted by Crippen LogP contribution is 2.43. The van der Waals surface area contributed by atoms with Crippen LogP contribution in [0.2, 0.25) is 0 Å². The summed E-state index contributed by atoms with van der Waals surface area (Å²) in [6.07, 6.45) is 2.91. The van der Waals surface area contributed by atoms with E-state index in [4.69, 9.17) is 9.84 Å². The molecule has 0 saturated carbocycles. The molecule has 0 aliphatic carbocycles. The van der Waals surface area contributed by atoms with E-state index in [0.717, 1.165) is 28.2 Å². The number of methoxy groups -OCH3 is 1. The van der Waals surface area contributed by atoms with Crippen LogP contribution >= 0.6 is 23.1 Å². The fourth-order valence-electron chi connectivity index (χ4n) is 3.22. The monoisotopic (exact) mass is 399 g/mol. The van der Waals surface area contributed by atoms with Gasteiger partial charge in [0.15, 0.2) is 0 Å². The fourth-order valence-corrected chi connectivity index (χ4v) is 5.17. The molecule has 5 nitrogen and oxygen atoms in total. The molecule has 0 radical (unpaired) electrons. The first-order chi connectivity index (χ1) is 13.3. The molecule has 1 aliphatic rings. The van der Waals surface area contributed by atoms with Crippen LogP contribution in [0.1, 0.15) is 17.4 Å². The molecule has 0 spiro atoms. The van der Waals surface area contributed by atoms with Crippen LogP contribution in [0.25, 0.3) is 16.3 Å². The largest absolute Gasteiger partial charge is 0.385 e. The Morgan fingerprint density at radius 2 is 2.07 bits per heavy atom. The van der Waals surface area contributed by atoms with Crippen LogP contribution in [-0.4, -0.2) is 46.6 Å². The molecule has 7 heteroatoms. The highest BCUT2D eigenvalue weighted by molar-refractivity contribution is 8.00. The summed E-state index contributed by atoms with van der Waals surface area (Å²) < 4.78 is 7.08. The van der Waals surface area contributed by atoms with Gasteiger partial charge in [-0.2, -0.15) is 5.10 Å². The third-order valence-corrected chi connectivity index (χ3v) is 6.61. The van der Waals surface area contributed by atoms with Crippen molar-refractivity contribution in [2.24, 2.45) is 0 Å². The van der Waals surface area contributed by atoms with Gasteiger partial charge >= 0.3 is 0 Å². The van der Waals surface area contributed by atoms with E-state index < -0.39 is 0 Å². The molecule has 1 unspecified atom stereocenters. The molecule has 1 saturated heterocycles. The summed E-state index contributed by atoms with van der Waals surface area (Å²) in [6, 6.07) is 14.2. The van der Waals surface area contributed by atoms with Crippen LogP contribution in [-0.2, 0) is 9.53 Å². The van der Waals surface area contributed by atoms with Gasteiger partial charge in [-0.05, 0) is 30.0 Å². The van der Waals surface area contributed by atoms with Crippen LogP contribution in [0.4, 0.5) is 0 Å². The van der Waals surface area contributed by atoms with Crippen LogP contribution < -0.4 is 0 Å². The number of hydrogen-bond acceptors (Lipinski definition) is 5. The van der Waals surface area contributed by atoms with E-state index in [0.29, 0.717) is 18.9 Å². The normalized spacial score (nSPS) is 17.0. The Kier molecular flexibility index (Phi) is 5.61. The summed E-state index contributed by atoms with van der Waals surface area (Å²) in [5, 5.41) is 6.92. The minimum atomic E-state index is -0.0103. The predicted molar refractivity (Wildman–Crippen MR) is 110 cm³/mol. The summed E-state index contributed by atoms with van der Waals surface area (Å²) in [6.45, 7) is 1.35. The third-order valence-electron chi connectivity index (χ3n) is 4.50. The Labute approximate surface area is 166 Å². The number of carbonyl (C=O) groups excluding carboxylic acids is 1. The average molecular weight is 400 g/mol. The molecule has 1 aromatic carbocycles. The number of rotatable bonds is 7. The van der Waals surface area contributed by atoms with Gasteiger partial charge in [0.05, 0.1) is 16.3 Å². The maximum atomic E-state index is 12.5. The Morgan fingerprint density at radius 1 is 1.22 bits per heavy atom. The number of nitrogens with zero attached hydrogens (tertiary/aromatic N) is 3. The van der Waals surface area contributed by atoms with E-state index in [1.807, 2.05) is 46.0 Å². The predicted octanol–water partition coefficient (Wildman–Crippen LogP) is 4.21. The second-order valence-electron chi connectivity index (χ2n) is 6.29. The van der Waals surface area contributed by atoms with Crippen molar-refractivity contribution in [1.29, 1.82) is 0 Å². The molecule has 27 heavy (non-hydrogen) atoms. The lowest BCUT2D eigenvalue weighted by atomic mass is 10.2. The van der Waals surface area contributed by atoms with E-state index >= 15 is 0 Å². The Bertz CT molecular complexity index is 893. The molecule has 3 aromatic rings. The molecular formula is C20H21N3O2S2. The molecule has 0 bridgehead atoms. The third kappa shape index (κ3) is 3.81. The van der Waals surface area contributed by atoms with Gasteiger partial charge in [0.25, 0.3) is 0 Å². The summed E-state index contributed by atoms with van der Waals surface area (Å²) >= 11 is 3.35. The molecule has 1 atom stereocenters. The van der Waals surface area contributed by atoms with Crippen molar-refractivity contribution in [2.75, 3.05) is 26.0 Å². The number of thioether (sulfide) groups is 1. The molecule has 4 rings (SSSR count). The highest BCUT2D eigenvalue weighted by atomic mass is 32.2. The van der Waals surface area contributed by atoms with E-state index in [9.17, 15) is 4.79 Å². The maximum absolute atomic E-state index is 12.5. The molecule has 1 amide bonds. The molecule has 1 aliphatic heterocycles. The summed E-state index contributed by atoms with van der Waals surface area (Å²) in [5.74, 6) is 0.698.